The molecule has 3 rings (SSSR count). The van der Waals surface area contributed by atoms with Crippen LogP contribution in [0.2, 0.25) is 0 Å². The number of carbonyl (C=O) groups is 2. The smallest absolute Gasteiger partial charge is 0.224 e. The summed E-state index contributed by atoms with van der Waals surface area (Å²) in [6.45, 7) is 9.77. The number of Topliss-reactive ketones (excluding diaryl/α,β-unsaturated/α-hetero) is 1. The third-order valence-corrected chi connectivity index (χ3v) is 5.28. The molecule has 1 fully saturated rings. The van der Waals surface area contributed by atoms with Crippen molar-refractivity contribution in [3.05, 3.63) is 35.2 Å². The molecule has 8 heteroatoms. The molecule has 0 N–H and O–H groups in total. The van der Waals surface area contributed by atoms with Crippen LogP contribution in [0.25, 0.3) is 0 Å². The quantitative estimate of drug-likeness (QED) is 0.712. The zero-order chi connectivity index (χ0) is 19.6. The molecule has 1 aliphatic rings. The van der Waals surface area contributed by atoms with Gasteiger partial charge in [-0.3, -0.25) is 19.2 Å². The van der Waals surface area contributed by atoms with Crippen LogP contribution in [-0.4, -0.2) is 67.0 Å². The van der Waals surface area contributed by atoms with E-state index in [0.29, 0.717) is 18.5 Å². The summed E-state index contributed by atoms with van der Waals surface area (Å²) >= 11 is 0. The highest BCUT2D eigenvalue weighted by molar-refractivity contribution is 5.96. The Morgan fingerprint density at radius 2 is 1.85 bits per heavy atom. The molecule has 0 aliphatic carbocycles. The monoisotopic (exact) mass is 372 g/mol. The Hall–Kier alpha value is -2.48. The summed E-state index contributed by atoms with van der Waals surface area (Å²) < 4.78 is 3.81. The number of imidazole rings is 1. The number of rotatable bonds is 6. The van der Waals surface area contributed by atoms with E-state index in [1.807, 2.05) is 42.8 Å². The first-order valence-electron chi connectivity index (χ1n) is 9.38. The predicted molar refractivity (Wildman–Crippen MR) is 101 cm³/mol. The summed E-state index contributed by atoms with van der Waals surface area (Å²) in [6.07, 6.45) is 4.16. The maximum absolute atomic E-state index is 12.6. The fourth-order valence-electron chi connectivity index (χ4n) is 3.69. The number of aromatic nitrogens is 4. The Bertz CT molecular complexity index is 829. The third kappa shape index (κ3) is 4.27. The molecule has 0 bridgehead atoms. The van der Waals surface area contributed by atoms with Crippen molar-refractivity contribution in [1.82, 2.24) is 29.1 Å². The van der Waals surface area contributed by atoms with Gasteiger partial charge in [-0.25, -0.2) is 4.98 Å². The summed E-state index contributed by atoms with van der Waals surface area (Å²) in [5.41, 5.74) is 2.24. The van der Waals surface area contributed by atoms with Crippen LogP contribution >= 0.6 is 0 Å². The normalized spacial score (nSPS) is 15.3. The first kappa shape index (κ1) is 19.3. The number of nitrogens with zero attached hydrogens (tertiary/aromatic N) is 6. The largest absolute Gasteiger partial charge is 0.340 e. The molecule has 1 saturated heterocycles. The molecule has 2 aromatic heterocycles. The van der Waals surface area contributed by atoms with E-state index in [1.54, 1.807) is 11.6 Å². The lowest BCUT2D eigenvalue weighted by Gasteiger charge is -2.34. The molecule has 0 unspecified atom stereocenters. The third-order valence-electron chi connectivity index (χ3n) is 5.28. The van der Waals surface area contributed by atoms with Gasteiger partial charge in [0.2, 0.25) is 5.91 Å². The van der Waals surface area contributed by atoms with Gasteiger partial charge >= 0.3 is 0 Å². The van der Waals surface area contributed by atoms with Crippen LogP contribution in [0.3, 0.4) is 0 Å². The second kappa shape index (κ2) is 8.04. The van der Waals surface area contributed by atoms with Gasteiger partial charge in [0.1, 0.15) is 5.82 Å². The van der Waals surface area contributed by atoms with Gasteiger partial charge in [0.05, 0.1) is 17.8 Å². The van der Waals surface area contributed by atoms with E-state index >= 15 is 0 Å². The summed E-state index contributed by atoms with van der Waals surface area (Å²) in [5.74, 6) is 1.20. The van der Waals surface area contributed by atoms with Gasteiger partial charge in [-0.15, -0.1) is 0 Å². The molecule has 0 radical (unpaired) electrons. The van der Waals surface area contributed by atoms with Crippen LogP contribution in [0.1, 0.15) is 40.9 Å². The number of amides is 1. The Labute approximate surface area is 159 Å². The lowest BCUT2D eigenvalue weighted by molar-refractivity contribution is -0.133. The van der Waals surface area contributed by atoms with Gasteiger partial charge in [0.25, 0.3) is 0 Å². The van der Waals surface area contributed by atoms with E-state index < -0.39 is 0 Å². The fraction of sp³-hybridized carbons (Fsp3) is 0.579. The van der Waals surface area contributed by atoms with Gasteiger partial charge in [-0.05, 0) is 20.8 Å². The van der Waals surface area contributed by atoms with Crippen molar-refractivity contribution in [2.24, 2.45) is 7.05 Å². The molecule has 27 heavy (non-hydrogen) atoms. The van der Waals surface area contributed by atoms with Crippen LogP contribution in [0.15, 0.2) is 12.4 Å². The van der Waals surface area contributed by atoms with Gasteiger partial charge in [0, 0.05) is 64.3 Å². The van der Waals surface area contributed by atoms with Crippen molar-refractivity contribution < 1.29 is 9.59 Å². The number of ketones is 1. The van der Waals surface area contributed by atoms with Crippen LogP contribution in [0.4, 0.5) is 0 Å². The molecule has 0 aromatic carbocycles. The highest BCUT2D eigenvalue weighted by Crippen LogP contribution is 2.15. The number of aryl methyl sites for hydroxylation is 3. The molecule has 1 amide bonds. The molecule has 146 valence electrons. The van der Waals surface area contributed by atoms with Crippen molar-refractivity contribution in [2.75, 3.05) is 26.2 Å². The van der Waals surface area contributed by atoms with Gasteiger partial charge in [0.15, 0.2) is 5.78 Å². The van der Waals surface area contributed by atoms with Crippen LogP contribution in [0.5, 0.6) is 0 Å². The van der Waals surface area contributed by atoms with Gasteiger partial charge < -0.3 is 9.47 Å². The molecule has 8 nitrogen and oxygen atoms in total. The second-order valence-electron chi connectivity index (χ2n) is 7.19. The molecule has 0 atom stereocenters. The maximum Gasteiger partial charge on any atom is 0.224 e. The van der Waals surface area contributed by atoms with E-state index in [1.165, 1.54) is 0 Å². The first-order chi connectivity index (χ1) is 12.9. The topological polar surface area (TPSA) is 76.3 Å². The molecule has 1 aliphatic heterocycles. The van der Waals surface area contributed by atoms with Crippen molar-refractivity contribution in [2.45, 2.75) is 40.3 Å². The minimum absolute atomic E-state index is 0.0198. The first-order valence-corrected chi connectivity index (χ1v) is 9.38. The molecule has 0 saturated carbocycles. The Kier molecular flexibility index (Phi) is 5.74. The van der Waals surface area contributed by atoms with Crippen molar-refractivity contribution in [3.63, 3.8) is 0 Å². The van der Waals surface area contributed by atoms with Crippen molar-refractivity contribution in [1.29, 1.82) is 0 Å². The van der Waals surface area contributed by atoms with Crippen LogP contribution < -0.4 is 0 Å². The average Bonchev–Trinajstić information content (AvgIpc) is 3.15. The van der Waals surface area contributed by atoms with Gasteiger partial charge in [-0.1, -0.05) is 0 Å². The highest BCUT2D eigenvalue weighted by Gasteiger charge is 2.22. The minimum Gasteiger partial charge on any atom is -0.340 e. The minimum atomic E-state index is 0.0198. The lowest BCUT2D eigenvalue weighted by atomic mass is 10.1. The predicted octanol–water partition coefficient (Wildman–Crippen LogP) is 1.17. The average molecular weight is 372 g/mol. The van der Waals surface area contributed by atoms with E-state index in [4.69, 9.17) is 0 Å². The Morgan fingerprint density at radius 3 is 2.41 bits per heavy atom. The lowest BCUT2D eigenvalue weighted by Crippen LogP contribution is -2.48. The van der Waals surface area contributed by atoms with Crippen molar-refractivity contribution in [3.8, 4) is 0 Å². The zero-order valence-corrected chi connectivity index (χ0v) is 16.6. The summed E-state index contributed by atoms with van der Waals surface area (Å²) in [4.78, 5) is 32.9. The molecule has 0 spiro atoms. The number of hydrogen-bond acceptors (Lipinski definition) is 5. The van der Waals surface area contributed by atoms with E-state index in [-0.39, 0.29) is 11.7 Å². The maximum atomic E-state index is 12.6. The Balaban J connectivity index is 1.49. The molecular weight excluding hydrogens is 344 g/mol. The fourth-order valence-corrected chi connectivity index (χ4v) is 3.69. The number of carbonyl (C=O) groups excluding carboxylic acids is 2. The van der Waals surface area contributed by atoms with Gasteiger partial charge in [-0.2, -0.15) is 5.10 Å². The molecule has 2 aromatic rings. The molecular formula is C19H28N6O2. The standard InChI is InChI=1S/C19H28N6O2/c1-14-19(16(3)26)15(2)25(21-14)7-5-18(27)24-11-9-23(10-12-24)13-17-20-6-8-22(17)4/h6,8H,5,7,9-13H2,1-4H3. The second-order valence-corrected chi connectivity index (χ2v) is 7.19. The zero-order valence-electron chi connectivity index (χ0n) is 16.6. The summed E-state index contributed by atoms with van der Waals surface area (Å²) in [7, 11) is 2.00. The highest BCUT2D eigenvalue weighted by atomic mass is 16.2. The van der Waals surface area contributed by atoms with Crippen LogP contribution in [-0.2, 0) is 24.9 Å². The molecule has 3 heterocycles. The SMILES string of the molecule is CC(=O)c1c(C)nn(CCC(=O)N2CCN(Cc3nccn3C)CC2)c1C. The van der Waals surface area contributed by atoms with Crippen molar-refractivity contribution >= 4 is 11.7 Å². The van der Waals surface area contributed by atoms with E-state index in [0.717, 1.165) is 49.9 Å². The number of hydrogen-bond donors (Lipinski definition) is 0. The summed E-state index contributed by atoms with van der Waals surface area (Å²) in [6, 6.07) is 0. The van der Waals surface area contributed by atoms with E-state index in [9.17, 15) is 9.59 Å². The summed E-state index contributed by atoms with van der Waals surface area (Å²) in [5, 5.41) is 4.42. The Morgan fingerprint density at radius 1 is 1.15 bits per heavy atom. The van der Waals surface area contributed by atoms with E-state index in [2.05, 4.69) is 15.0 Å². The number of piperazine rings is 1. The van der Waals surface area contributed by atoms with Crippen LogP contribution in [0, 0.1) is 13.8 Å².